The summed E-state index contributed by atoms with van der Waals surface area (Å²) < 4.78 is 0.859. The molecule has 1 rings (SSSR count). The molecule has 3 nitrogen and oxygen atoms in total. The van der Waals surface area contributed by atoms with Crippen LogP contribution in [0.5, 0.6) is 0 Å². The van der Waals surface area contributed by atoms with E-state index in [0.29, 0.717) is 5.92 Å². The Hall–Kier alpha value is -0.640. The van der Waals surface area contributed by atoms with Crippen LogP contribution in [0.15, 0.2) is 10.7 Å². The van der Waals surface area contributed by atoms with Gasteiger partial charge in [-0.15, -0.1) is 0 Å². The first kappa shape index (κ1) is 13.4. The number of aromatic nitrogens is 2. The topological polar surface area (TPSA) is 29.0 Å². The van der Waals surface area contributed by atoms with E-state index in [9.17, 15) is 0 Å². The highest BCUT2D eigenvalue weighted by Gasteiger charge is 2.10. The van der Waals surface area contributed by atoms with Gasteiger partial charge >= 0.3 is 0 Å². The zero-order valence-corrected chi connectivity index (χ0v) is 12.1. The third kappa shape index (κ3) is 3.74. The summed E-state index contributed by atoms with van der Waals surface area (Å²) in [6, 6.07) is 1.98. The molecule has 0 aliphatic heterocycles. The Morgan fingerprint density at radius 1 is 1.38 bits per heavy atom. The van der Waals surface area contributed by atoms with E-state index >= 15 is 0 Å². The van der Waals surface area contributed by atoms with E-state index in [1.807, 2.05) is 13.0 Å². The van der Waals surface area contributed by atoms with Crippen molar-refractivity contribution < 1.29 is 0 Å². The molecule has 0 N–H and O–H groups in total. The van der Waals surface area contributed by atoms with Gasteiger partial charge in [0.2, 0.25) is 0 Å². The van der Waals surface area contributed by atoms with Gasteiger partial charge in [-0.1, -0.05) is 20.3 Å². The van der Waals surface area contributed by atoms with Gasteiger partial charge in [-0.05, 0) is 35.7 Å². The summed E-state index contributed by atoms with van der Waals surface area (Å²) in [6.45, 7) is 10.6. The Balaban J connectivity index is 2.86. The smallest absolute Gasteiger partial charge is 0.133 e. The number of hydrogen-bond donors (Lipinski definition) is 0. The van der Waals surface area contributed by atoms with Crippen LogP contribution < -0.4 is 4.90 Å². The lowest BCUT2D eigenvalue weighted by atomic mass is 10.1. The number of nitrogens with zero attached hydrogens (tertiary/aromatic N) is 3. The average Bonchev–Trinajstić information content (AvgIpc) is 2.24. The SMILES string of the molecule is CCC(C)CN(CC)c1cc(Br)nc(C)n1. The molecule has 0 aromatic carbocycles. The third-order valence-corrected chi connectivity index (χ3v) is 3.13. The standard InChI is InChI=1S/C12H20BrN3/c1-5-9(3)8-16(6-2)12-7-11(13)14-10(4)15-12/h7,9H,5-6,8H2,1-4H3. The maximum Gasteiger partial charge on any atom is 0.133 e. The van der Waals surface area contributed by atoms with Crippen LogP contribution in [-0.2, 0) is 0 Å². The van der Waals surface area contributed by atoms with Crippen LogP contribution >= 0.6 is 15.9 Å². The number of halogens is 1. The molecule has 0 aliphatic rings. The summed E-state index contributed by atoms with van der Waals surface area (Å²) in [5.41, 5.74) is 0. The molecular weight excluding hydrogens is 266 g/mol. The minimum Gasteiger partial charge on any atom is -0.356 e. The molecule has 0 bridgehead atoms. The van der Waals surface area contributed by atoms with Crippen molar-refractivity contribution >= 4 is 21.7 Å². The number of aryl methyl sites for hydroxylation is 1. The third-order valence-electron chi connectivity index (χ3n) is 2.73. The largest absolute Gasteiger partial charge is 0.356 e. The van der Waals surface area contributed by atoms with E-state index in [1.165, 1.54) is 6.42 Å². The maximum absolute atomic E-state index is 4.48. The molecule has 1 aromatic heterocycles. The van der Waals surface area contributed by atoms with E-state index in [4.69, 9.17) is 0 Å². The van der Waals surface area contributed by atoms with Crippen molar-refractivity contribution in [2.45, 2.75) is 34.1 Å². The van der Waals surface area contributed by atoms with Crippen LogP contribution in [-0.4, -0.2) is 23.1 Å². The van der Waals surface area contributed by atoms with Gasteiger partial charge in [0.15, 0.2) is 0 Å². The molecule has 1 unspecified atom stereocenters. The molecule has 0 radical (unpaired) electrons. The van der Waals surface area contributed by atoms with Crippen LogP contribution in [0.4, 0.5) is 5.82 Å². The molecule has 0 fully saturated rings. The normalized spacial score (nSPS) is 12.6. The fourth-order valence-electron chi connectivity index (χ4n) is 1.57. The van der Waals surface area contributed by atoms with Crippen molar-refractivity contribution in [3.63, 3.8) is 0 Å². The van der Waals surface area contributed by atoms with Crippen molar-refractivity contribution in [2.75, 3.05) is 18.0 Å². The van der Waals surface area contributed by atoms with E-state index < -0.39 is 0 Å². The molecule has 1 aromatic rings. The summed E-state index contributed by atoms with van der Waals surface area (Å²) in [6.07, 6.45) is 1.20. The fourth-order valence-corrected chi connectivity index (χ4v) is 2.03. The lowest BCUT2D eigenvalue weighted by molar-refractivity contribution is 0.545. The highest BCUT2D eigenvalue weighted by Crippen LogP contribution is 2.18. The van der Waals surface area contributed by atoms with Gasteiger partial charge in [-0.3, -0.25) is 0 Å². The van der Waals surface area contributed by atoms with Gasteiger partial charge in [0.05, 0.1) is 0 Å². The Kier molecular flexibility index (Phi) is 5.19. The Morgan fingerprint density at radius 3 is 2.56 bits per heavy atom. The van der Waals surface area contributed by atoms with Crippen molar-refractivity contribution in [3.05, 3.63) is 16.5 Å². The van der Waals surface area contributed by atoms with E-state index in [2.05, 4.69) is 51.6 Å². The monoisotopic (exact) mass is 285 g/mol. The summed E-state index contributed by atoms with van der Waals surface area (Å²) in [7, 11) is 0. The minimum atomic E-state index is 0.689. The van der Waals surface area contributed by atoms with Crippen LogP contribution in [0.25, 0.3) is 0 Å². The maximum atomic E-state index is 4.48. The van der Waals surface area contributed by atoms with Crippen LogP contribution in [0.2, 0.25) is 0 Å². The second kappa shape index (κ2) is 6.18. The lowest BCUT2D eigenvalue weighted by Gasteiger charge is -2.25. The summed E-state index contributed by atoms with van der Waals surface area (Å²) in [5, 5.41) is 0. The summed E-state index contributed by atoms with van der Waals surface area (Å²) >= 11 is 3.42. The molecule has 4 heteroatoms. The van der Waals surface area contributed by atoms with Crippen molar-refractivity contribution in [1.82, 2.24) is 9.97 Å². The van der Waals surface area contributed by atoms with Gasteiger partial charge in [0.1, 0.15) is 16.2 Å². The van der Waals surface area contributed by atoms with Crippen LogP contribution in [0, 0.1) is 12.8 Å². The zero-order valence-electron chi connectivity index (χ0n) is 10.5. The van der Waals surface area contributed by atoms with Gasteiger partial charge in [0.25, 0.3) is 0 Å². The van der Waals surface area contributed by atoms with Gasteiger partial charge < -0.3 is 4.90 Å². The van der Waals surface area contributed by atoms with E-state index in [-0.39, 0.29) is 0 Å². The molecule has 90 valence electrons. The van der Waals surface area contributed by atoms with Crippen molar-refractivity contribution in [3.8, 4) is 0 Å². The second-order valence-electron chi connectivity index (χ2n) is 4.15. The first-order valence-corrected chi connectivity index (χ1v) is 6.62. The molecule has 1 heterocycles. The van der Waals surface area contributed by atoms with E-state index in [0.717, 1.165) is 29.3 Å². The summed E-state index contributed by atoms with van der Waals surface area (Å²) in [5.74, 6) is 2.52. The molecule has 0 saturated heterocycles. The molecular formula is C12H20BrN3. The number of rotatable bonds is 5. The first-order chi connectivity index (χ1) is 7.56. The highest BCUT2D eigenvalue weighted by molar-refractivity contribution is 9.10. The minimum absolute atomic E-state index is 0.689. The predicted octanol–water partition coefficient (Wildman–Crippen LogP) is 3.42. The molecule has 0 amide bonds. The lowest BCUT2D eigenvalue weighted by Crippen LogP contribution is -2.29. The average molecular weight is 286 g/mol. The Labute approximate surface area is 106 Å². The van der Waals surface area contributed by atoms with E-state index in [1.54, 1.807) is 0 Å². The fraction of sp³-hybridized carbons (Fsp3) is 0.667. The van der Waals surface area contributed by atoms with Crippen molar-refractivity contribution in [1.29, 1.82) is 0 Å². The Bertz CT molecular complexity index is 321. The highest BCUT2D eigenvalue weighted by atomic mass is 79.9. The molecule has 0 saturated carbocycles. The number of anilines is 1. The Morgan fingerprint density at radius 2 is 2.06 bits per heavy atom. The zero-order chi connectivity index (χ0) is 12.1. The quantitative estimate of drug-likeness (QED) is 0.777. The number of hydrogen-bond acceptors (Lipinski definition) is 3. The van der Waals surface area contributed by atoms with Crippen LogP contribution in [0.3, 0.4) is 0 Å². The van der Waals surface area contributed by atoms with Crippen LogP contribution in [0.1, 0.15) is 33.0 Å². The molecule has 0 aliphatic carbocycles. The first-order valence-electron chi connectivity index (χ1n) is 5.82. The predicted molar refractivity (Wildman–Crippen MR) is 71.8 cm³/mol. The van der Waals surface area contributed by atoms with Gasteiger partial charge in [-0.2, -0.15) is 0 Å². The van der Waals surface area contributed by atoms with Gasteiger partial charge in [-0.25, -0.2) is 9.97 Å². The molecule has 0 spiro atoms. The second-order valence-corrected chi connectivity index (χ2v) is 4.96. The molecule has 16 heavy (non-hydrogen) atoms. The van der Waals surface area contributed by atoms with Crippen molar-refractivity contribution in [2.24, 2.45) is 5.92 Å². The molecule has 1 atom stereocenters. The van der Waals surface area contributed by atoms with Gasteiger partial charge in [0, 0.05) is 19.2 Å². The summed E-state index contributed by atoms with van der Waals surface area (Å²) in [4.78, 5) is 11.0.